The zero-order valence-electron chi connectivity index (χ0n) is 9.43. The molecule has 92 valence electrons. The van der Waals surface area contributed by atoms with Crippen molar-refractivity contribution in [2.24, 2.45) is 0 Å². The zero-order chi connectivity index (χ0) is 12.0. The number of nitrogens with two attached hydrogens (primary N) is 1. The number of aromatic nitrogens is 1. The first-order valence-electron chi connectivity index (χ1n) is 5.82. The molecule has 1 unspecified atom stereocenters. The number of hydrogen-bond acceptors (Lipinski definition) is 4. The second kappa shape index (κ2) is 3.60. The number of amides is 1. The maximum absolute atomic E-state index is 11.2. The predicted molar refractivity (Wildman–Crippen MR) is 65.2 cm³/mol. The fourth-order valence-electron chi connectivity index (χ4n) is 2.84. The third kappa shape index (κ3) is 1.76. The topological polar surface area (TPSA) is 79.5 Å². The maximum atomic E-state index is 11.2. The van der Waals surface area contributed by atoms with E-state index in [-0.39, 0.29) is 5.54 Å². The number of hydrogen-bond donors (Lipinski definition) is 2. The first-order chi connectivity index (χ1) is 8.11. The standard InChI is InChI=1S/C11H15N3O2S/c12-9-13-6-8(17-9)7-1-4-14(10(15)16)11(5-7)2-3-11/h6-7H,1-5H2,(H2,12,13)(H,15,16). The Bertz CT molecular complexity index is 455. The van der Waals surface area contributed by atoms with Crippen LogP contribution in [0, 0.1) is 0 Å². The molecule has 1 saturated carbocycles. The molecule has 1 amide bonds. The van der Waals surface area contributed by atoms with Crippen molar-refractivity contribution in [3.8, 4) is 0 Å². The number of nitrogens with zero attached hydrogens (tertiary/aromatic N) is 2. The highest BCUT2D eigenvalue weighted by molar-refractivity contribution is 7.15. The highest BCUT2D eigenvalue weighted by Crippen LogP contribution is 2.52. The Morgan fingerprint density at radius 3 is 2.94 bits per heavy atom. The molecule has 0 bridgehead atoms. The minimum absolute atomic E-state index is 0.0759. The Morgan fingerprint density at radius 1 is 1.65 bits per heavy atom. The highest BCUT2D eigenvalue weighted by atomic mass is 32.1. The van der Waals surface area contributed by atoms with Gasteiger partial charge in [-0.1, -0.05) is 0 Å². The van der Waals surface area contributed by atoms with Gasteiger partial charge in [-0.05, 0) is 31.6 Å². The van der Waals surface area contributed by atoms with Crippen LogP contribution in [0.5, 0.6) is 0 Å². The van der Waals surface area contributed by atoms with Crippen molar-refractivity contribution in [3.63, 3.8) is 0 Å². The van der Waals surface area contributed by atoms with E-state index in [1.807, 2.05) is 6.20 Å². The summed E-state index contributed by atoms with van der Waals surface area (Å²) in [5.41, 5.74) is 5.57. The van der Waals surface area contributed by atoms with Crippen LogP contribution in [0.2, 0.25) is 0 Å². The molecule has 1 spiro atoms. The summed E-state index contributed by atoms with van der Waals surface area (Å²) in [7, 11) is 0. The number of anilines is 1. The molecular formula is C11H15N3O2S. The molecule has 1 aromatic rings. The molecule has 0 radical (unpaired) electrons. The van der Waals surface area contributed by atoms with Crippen LogP contribution in [0.25, 0.3) is 0 Å². The zero-order valence-corrected chi connectivity index (χ0v) is 10.2. The summed E-state index contributed by atoms with van der Waals surface area (Å²) in [5.74, 6) is 0.433. The van der Waals surface area contributed by atoms with Crippen LogP contribution in [-0.2, 0) is 0 Å². The Balaban J connectivity index is 1.78. The molecule has 1 aliphatic carbocycles. The number of carboxylic acid groups (broad SMARTS) is 1. The van der Waals surface area contributed by atoms with Crippen LogP contribution in [0.3, 0.4) is 0 Å². The number of nitrogen functional groups attached to an aromatic ring is 1. The number of rotatable bonds is 1. The van der Waals surface area contributed by atoms with Crippen molar-refractivity contribution < 1.29 is 9.90 Å². The van der Waals surface area contributed by atoms with Gasteiger partial charge in [-0.2, -0.15) is 0 Å². The van der Waals surface area contributed by atoms with Gasteiger partial charge in [0.2, 0.25) is 0 Å². The summed E-state index contributed by atoms with van der Waals surface area (Å²) in [6, 6.07) is 0. The van der Waals surface area contributed by atoms with E-state index in [1.54, 1.807) is 4.90 Å². The van der Waals surface area contributed by atoms with Crippen LogP contribution < -0.4 is 5.73 Å². The van der Waals surface area contributed by atoms with Crippen molar-refractivity contribution in [2.75, 3.05) is 12.3 Å². The van der Waals surface area contributed by atoms with Gasteiger partial charge in [-0.15, -0.1) is 11.3 Å². The van der Waals surface area contributed by atoms with Crippen LogP contribution >= 0.6 is 11.3 Å². The molecule has 0 aromatic carbocycles. The number of thiazole rings is 1. The van der Waals surface area contributed by atoms with Crippen LogP contribution in [0.4, 0.5) is 9.93 Å². The van der Waals surface area contributed by atoms with Gasteiger partial charge in [0.1, 0.15) is 0 Å². The second-order valence-corrected chi connectivity index (χ2v) is 6.04. The van der Waals surface area contributed by atoms with E-state index < -0.39 is 6.09 Å². The lowest BCUT2D eigenvalue weighted by atomic mass is 9.88. The summed E-state index contributed by atoms with van der Waals surface area (Å²) in [4.78, 5) is 18.1. The third-order valence-corrected chi connectivity index (χ3v) is 4.89. The average Bonchev–Trinajstić information content (AvgIpc) is 2.89. The van der Waals surface area contributed by atoms with E-state index in [0.717, 1.165) is 25.7 Å². The highest BCUT2D eigenvalue weighted by Gasteiger charge is 2.53. The Labute approximate surface area is 103 Å². The lowest BCUT2D eigenvalue weighted by Crippen LogP contribution is -2.46. The molecule has 6 heteroatoms. The Hall–Kier alpha value is -1.30. The quantitative estimate of drug-likeness (QED) is 0.803. The summed E-state index contributed by atoms with van der Waals surface area (Å²) >= 11 is 1.53. The summed E-state index contributed by atoms with van der Waals surface area (Å²) in [5, 5.41) is 9.77. The average molecular weight is 253 g/mol. The van der Waals surface area contributed by atoms with Crippen LogP contribution in [0.15, 0.2) is 6.20 Å². The normalized spacial score (nSPS) is 26.1. The molecule has 1 aliphatic heterocycles. The molecule has 3 N–H and O–H groups in total. The van der Waals surface area contributed by atoms with Gasteiger partial charge in [-0.25, -0.2) is 9.78 Å². The minimum Gasteiger partial charge on any atom is -0.465 e. The third-order valence-electron chi connectivity index (χ3n) is 3.90. The van der Waals surface area contributed by atoms with Gasteiger partial charge in [0.15, 0.2) is 5.13 Å². The number of carbonyl (C=O) groups is 1. The van der Waals surface area contributed by atoms with Gasteiger partial charge < -0.3 is 15.7 Å². The lowest BCUT2D eigenvalue weighted by Gasteiger charge is -2.38. The van der Waals surface area contributed by atoms with Crippen LogP contribution in [-0.4, -0.2) is 33.2 Å². The molecule has 2 aliphatic rings. The van der Waals surface area contributed by atoms with E-state index in [1.165, 1.54) is 16.2 Å². The van der Waals surface area contributed by atoms with E-state index in [0.29, 0.717) is 17.6 Å². The van der Waals surface area contributed by atoms with Gasteiger partial charge >= 0.3 is 6.09 Å². The molecular weight excluding hydrogens is 238 g/mol. The predicted octanol–water partition coefficient (Wildman–Crippen LogP) is 2.12. The molecule has 1 atom stereocenters. The van der Waals surface area contributed by atoms with Crippen molar-refractivity contribution in [1.29, 1.82) is 0 Å². The minimum atomic E-state index is -0.773. The molecule has 1 aromatic heterocycles. The van der Waals surface area contributed by atoms with Crippen molar-refractivity contribution >= 4 is 22.6 Å². The van der Waals surface area contributed by atoms with Gasteiger partial charge in [-0.3, -0.25) is 0 Å². The van der Waals surface area contributed by atoms with Gasteiger partial charge in [0, 0.05) is 23.2 Å². The van der Waals surface area contributed by atoms with Crippen molar-refractivity contribution in [2.45, 2.75) is 37.1 Å². The van der Waals surface area contributed by atoms with Gasteiger partial charge in [0.25, 0.3) is 0 Å². The van der Waals surface area contributed by atoms with E-state index >= 15 is 0 Å². The summed E-state index contributed by atoms with van der Waals surface area (Å²) < 4.78 is 0. The molecule has 2 heterocycles. The molecule has 1 saturated heterocycles. The Morgan fingerprint density at radius 2 is 2.41 bits per heavy atom. The first kappa shape index (κ1) is 10.8. The fraction of sp³-hybridized carbons (Fsp3) is 0.636. The van der Waals surface area contributed by atoms with E-state index in [2.05, 4.69) is 4.98 Å². The van der Waals surface area contributed by atoms with E-state index in [9.17, 15) is 9.90 Å². The summed E-state index contributed by atoms with van der Waals surface area (Å²) in [6.45, 7) is 0.637. The van der Waals surface area contributed by atoms with Crippen LogP contribution in [0.1, 0.15) is 36.5 Å². The van der Waals surface area contributed by atoms with Gasteiger partial charge in [0.05, 0.1) is 0 Å². The molecule has 3 rings (SSSR count). The smallest absolute Gasteiger partial charge is 0.407 e. The van der Waals surface area contributed by atoms with E-state index in [4.69, 9.17) is 5.73 Å². The largest absolute Gasteiger partial charge is 0.465 e. The van der Waals surface area contributed by atoms with Crippen molar-refractivity contribution in [1.82, 2.24) is 9.88 Å². The fourth-order valence-corrected chi connectivity index (χ4v) is 3.66. The maximum Gasteiger partial charge on any atom is 0.407 e. The lowest BCUT2D eigenvalue weighted by molar-refractivity contribution is 0.0914. The second-order valence-electron chi connectivity index (χ2n) is 4.95. The Kier molecular flexibility index (Phi) is 2.29. The number of piperidine rings is 1. The molecule has 2 fully saturated rings. The summed E-state index contributed by atoms with van der Waals surface area (Å²) in [6.07, 6.45) is 4.90. The van der Waals surface area contributed by atoms with Crippen molar-refractivity contribution in [3.05, 3.63) is 11.1 Å². The monoisotopic (exact) mass is 253 g/mol. The molecule has 5 nitrogen and oxygen atoms in total. The SMILES string of the molecule is Nc1ncc(C2CCN(C(=O)O)C3(CC3)C2)s1. The molecule has 17 heavy (non-hydrogen) atoms. The first-order valence-corrected chi connectivity index (χ1v) is 6.64. The number of likely N-dealkylation sites (tertiary alicyclic amines) is 1.